The predicted molar refractivity (Wildman–Crippen MR) is 149 cm³/mol. The number of alkyl halides is 3. The molecule has 0 aliphatic heterocycles. The Labute approximate surface area is 235 Å². The summed E-state index contributed by atoms with van der Waals surface area (Å²) in [6, 6.07) is 23.5. The molecule has 210 valence electrons. The van der Waals surface area contributed by atoms with Gasteiger partial charge in [-0.25, -0.2) is 4.68 Å². The van der Waals surface area contributed by atoms with Crippen molar-refractivity contribution >= 4 is 11.6 Å². The maximum Gasteiger partial charge on any atom is 0.435 e. The van der Waals surface area contributed by atoms with Crippen LogP contribution in [0.4, 0.5) is 18.9 Å². The quantitative estimate of drug-likeness (QED) is 0.237. The summed E-state index contributed by atoms with van der Waals surface area (Å²) in [7, 11) is 0. The maximum atomic E-state index is 13.6. The van der Waals surface area contributed by atoms with Gasteiger partial charge in [-0.15, -0.1) is 0 Å². The predicted octanol–water partition coefficient (Wildman–Crippen LogP) is 5.87. The number of hydrogen-bond donors (Lipinski definition) is 3. The van der Waals surface area contributed by atoms with Crippen LogP contribution in [-0.2, 0) is 18.3 Å². The summed E-state index contributed by atoms with van der Waals surface area (Å²) in [5.74, 6) is -0.137. The van der Waals surface area contributed by atoms with Gasteiger partial charge in [0.05, 0.1) is 22.9 Å². The second kappa shape index (κ2) is 11.2. The van der Waals surface area contributed by atoms with Crippen LogP contribution < -0.4 is 16.8 Å². The van der Waals surface area contributed by atoms with Gasteiger partial charge < -0.3 is 16.8 Å². The molecule has 1 heterocycles. The van der Waals surface area contributed by atoms with Crippen molar-refractivity contribution in [2.24, 2.45) is 17.4 Å². The van der Waals surface area contributed by atoms with E-state index in [0.717, 1.165) is 28.3 Å². The van der Waals surface area contributed by atoms with Gasteiger partial charge in [0.25, 0.3) is 5.91 Å². The molecule has 1 unspecified atom stereocenters. The van der Waals surface area contributed by atoms with Crippen molar-refractivity contribution in [2.45, 2.75) is 43.9 Å². The van der Waals surface area contributed by atoms with Gasteiger partial charge >= 0.3 is 6.18 Å². The van der Waals surface area contributed by atoms with Gasteiger partial charge in [-0.2, -0.15) is 23.5 Å². The highest BCUT2D eigenvalue weighted by molar-refractivity contribution is 6.03. The fraction of sp³-hybridized carbons (Fsp3) is 0.258. The van der Waals surface area contributed by atoms with E-state index in [9.17, 15) is 23.2 Å². The molecule has 1 fully saturated rings. The molecule has 0 radical (unpaired) electrons. The Hall–Kier alpha value is -4.46. The molecular weight excluding hydrogens is 529 g/mol. The van der Waals surface area contributed by atoms with E-state index in [1.807, 2.05) is 18.2 Å². The third kappa shape index (κ3) is 6.16. The topological polar surface area (TPSA) is 123 Å². The molecule has 1 aromatic heterocycles. The lowest BCUT2D eigenvalue weighted by Gasteiger charge is -2.31. The Morgan fingerprint density at radius 3 is 2.41 bits per heavy atom. The smallest absolute Gasteiger partial charge is 0.326 e. The van der Waals surface area contributed by atoms with Crippen molar-refractivity contribution < 1.29 is 18.0 Å². The molecule has 41 heavy (non-hydrogen) atoms. The molecule has 0 bridgehead atoms. The highest BCUT2D eigenvalue weighted by atomic mass is 19.4. The first-order valence-electron chi connectivity index (χ1n) is 13.3. The number of carbonyl (C=O) groups excluding carboxylic acids is 1. The van der Waals surface area contributed by atoms with Gasteiger partial charge in [-0.1, -0.05) is 49.2 Å². The zero-order valence-electron chi connectivity index (χ0n) is 22.2. The average Bonchev–Trinajstić information content (AvgIpc) is 3.69. The van der Waals surface area contributed by atoms with Crippen molar-refractivity contribution in [1.82, 2.24) is 9.78 Å². The Balaban J connectivity index is 1.48. The van der Waals surface area contributed by atoms with Crippen LogP contribution in [-0.4, -0.2) is 15.7 Å². The number of benzene rings is 3. The van der Waals surface area contributed by atoms with Crippen LogP contribution in [0.5, 0.6) is 0 Å². The molecule has 1 saturated carbocycles. The molecule has 10 heteroatoms. The van der Waals surface area contributed by atoms with Crippen LogP contribution in [0.2, 0.25) is 0 Å². The first-order chi connectivity index (χ1) is 19.6. The van der Waals surface area contributed by atoms with Gasteiger partial charge in [0.2, 0.25) is 0 Å². The summed E-state index contributed by atoms with van der Waals surface area (Å²) in [6.45, 7) is 0.177. The number of anilines is 1. The van der Waals surface area contributed by atoms with Crippen LogP contribution >= 0.6 is 0 Å². The lowest BCUT2D eigenvalue weighted by Crippen LogP contribution is -2.38. The highest BCUT2D eigenvalue weighted by Gasteiger charge is 2.37. The Bertz CT molecular complexity index is 1600. The summed E-state index contributed by atoms with van der Waals surface area (Å²) in [5, 5.41) is 15.6. The van der Waals surface area contributed by atoms with Crippen molar-refractivity contribution in [3.05, 3.63) is 113 Å². The van der Waals surface area contributed by atoms with Crippen molar-refractivity contribution in [2.75, 3.05) is 5.32 Å². The van der Waals surface area contributed by atoms with Gasteiger partial charge in [-0.05, 0) is 71.8 Å². The molecule has 0 spiro atoms. The number of carbonyl (C=O) groups is 1. The van der Waals surface area contributed by atoms with E-state index in [-0.39, 0.29) is 17.9 Å². The molecule has 1 atom stereocenters. The summed E-state index contributed by atoms with van der Waals surface area (Å²) in [6.07, 6.45) is -0.829. The van der Waals surface area contributed by atoms with Crippen molar-refractivity contribution in [3.63, 3.8) is 0 Å². The zero-order chi connectivity index (χ0) is 29.2. The second-order valence-corrected chi connectivity index (χ2v) is 10.4. The molecule has 1 aliphatic carbocycles. The Morgan fingerprint density at radius 2 is 1.76 bits per heavy atom. The standard InChI is InChI=1S/C31H29F3N6O/c32-31(33,34)28-17-27(40(39-28)26-6-1-3-22(15-26)19-36)29(41)38-25-5-2-4-24(16-25)30(37,14-13-20-7-8-20)23-11-9-21(18-35)10-12-23/h1-6,9-12,15-17,20H,7-8,13-14,19,36-37H2,(H,38,41). The molecule has 5 rings (SSSR count). The summed E-state index contributed by atoms with van der Waals surface area (Å²) in [4.78, 5) is 13.4. The first-order valence-corrected chi connectivity index (χ1v) is 13.3. The molecular formula is C31H29F3N6O. The minimum absolute atomic E-state index is 0.177. The number of nitrogens with two attached hydrogens (primary N) is 2. The van der Waals surface area contributed by atoms with E-state index in [2.05, 4.69) is 16.5 Å². The molecule has 0 saturated heterocycles. The van der Waals surface area contributed by atoms with Gasteiger partial charge in [-0.3, -0.25) is 4.79 Å². The lowest BCUT2D eigenvalue weighted by atomic mass is 9.79. The van der Waals surface area contributed by atoms with E-state index < -0.39 is 23.3 Å². The Morgan fingerprint density at radius 1 is 1.02 bits per heavy atom. The van der Waals surface area contributed by atoms with Gasteiger partial charge in [0.15, 0.2) is 5.69 Å². The number of amides is 1. The van der Waals surface area contributed by atoms with E-state index in [4.69, 9.17) is 11.5 Å². The molecule has 1 amide bonds. The molecule has 4 aromatic rings. The monoisotopic (exact) mass is 558 g/mol. The maximum absolute atomic E-state index is 13.6. The fourth-order valence-corrected chi connectivity index (χ4v) is 4.90. The average molecular weight is 559 g/mol. The first kappa shape index (κ1) is 28.1. The van der Waals surface area contributed by atoms with Crippen LogP contribution in [0, 0.1) is 17.2 Å². The number of nitriles is 1. The molecule has 1 aliphatic rings. The van der Waals surface area contributed by atoms with Gasteiger partial charge in [0.1, 0.15) is 5.69 Å². The Kier molecular flexibility index (Phi) is 7.67. The van der Waals surface area contributed by atoms with E-state index in [0.29, 0.717) is 29.2 Å². The second-order valence-electron chi connectivity index (χ2n) is 10.4. The minimum atomic E-state index is -4.74. The third-order valence-electron chi connectivity index (χ3n) is 7.43. The van der Waals surface area contributed by atoms with Crippen LogP contribution in [0.15, 0.2) is 78.9 Å². The van der Waals surface area contributed by atoms with Crippen molar-refractivity contribution in [1.29, 1.82) is 5.26 Å². The normalized spacial score (nSPS) is 14.7. The summed E-state index contributed by atoms with van der Waals surface area (Å²) < 4.78 is 41.8. The minimum Gasteiger partial charge on any atom is -0.326 e. The summed E-state index contributed by atoms with van der Waals surface area (Å²) in [5.41, 5.74) is 13.8. The van der Waals surface area contributed by atoms with Crippen LogP contribution in [0.3, 0.4) is 0 Å². The number of nitrogens with zero attached hydrogens (tertiary/aromatic N) is 3. The SMILES string of the molecule is N#Cc1ccc(C(N)(CCC2CC2)c2cccc(NC(=O)c3cc(C(F)(F)F)nn3-c3cccc(CN)c3)c2)cc1. The molecule has 5 N–H and O–H groups in total. The number of rotatable bonds is 9. The van der Waals surface area contributed by atoms with E-state index in [1.54, 1.807) is 54.6 Å². The van der Waals surface area contributed by atoms with E-state index >= 15 is 0 Å². The van der Waals surface area contributed by atoms with Gasteiger partial charge in [0, 0.05) is 18.3 Å². The number of hydrogen-bond acceptors (Lipinski definition) is 5. The van der Waals surface area contributed by atoms with Crippen molar-refractivity contribution in [3.8, 4) is 11.8 Å². The zero-order valence-corrected chi connectivity index (χ0v) is 22.2. The fourth-order valence-electron chi connectivity index (χ4n) is 4.90. The lowest BCUT2D eigenvalue weighted by molar-refractivity contribution is -0.141. The number of aromatic nitrogens is 2. The van der Waals surface area contributed by atoms with E-state index in [1.165, 1.54) is 12.8 Å². The molecule has 3 aromatic carbocycles. The highest BCUT2D eigenvalue weighted by Crippen LogP contribution is 2.40. The number of nitrogens with one attached hydrogen (secondary N) is 1. The summed E-state index contributed by atoms with van der Waals surface area (Å²) >= 11 is 0. The molecule has 7 nitrogen and oxygen atoms in total. The largest absolute Gasteiger partial charge is 0.435 e. The third-order valence-corrected chi connectivity index (χ3v) is 7.43. The number of halogens is 3. The van der Waals surface area contributed by atoms with Crippen LogP contribution in [0.25, 0.3) is 5.69 Å². The van der Waals surface area contributed by atoms with Crippen LogP contribution in [0.1, 0.15) is 64.1 Å².